The Morgan fingerprint density at radius 1 is 1.10 bits per heavy atom. The van der Waals surface area contributed by atoms with Crippen molar-refractivity contribution >= 4 is 23.5 Å². The Morgan fingerprint density at radius 3 is 2.42 bits per heavy atom. The van der Waals surface area contributed by atoms with Crippen LogP contribution in [0.5, 0.6) is 0 Å². The lowest BCUT2D eigenvalue weighted by Crippen LogP contribution is -2.38. The predicted molar refractivity (Wildman–Crippen MR) is 110 cm³/mol. The van der Waals surface area contributed by atoms with Gasteiger partial charge in [0.15, 0.2) is 10.9 Å². The Kier molecular flexibility index (Phi) is 6.59. The lowest BCUT2D eigenvalue weighted by molar-refractivity contribution is 0.0902. The van der Waals surface area contributed by atoms with Crippen LogP contribution in [0.1, 0.15) is 15.9 Å². The Hall–Kier alpha value is -2.82. The van der Waals surface area contributed by atoms with Gasteiger partial charge in [0, 0.05) is 18.7 Å². The van der Waals surface area contributed by atoms with E-state index in [1.165, 1.54) is 0 Å². The maximum atomic E-state index is 14.6. The van der Waals surface area contributed by atoms with Gasteiger partial charge in [0.2, 0.25) is 5.95 Å². The standard InChI is InChI=1S/C21H20F2N4O3S/c22-16-10-15(18(29)13-28)11-17(23)19(16)31-21-25-24-20(26-6-8-30-9-7-26)27(21)12-14-4-2-1-3-5-14/h1-5,10-11,28H,6-9,12-13H2. The number of aliphatic hydroxyl groups is 1. The molecule has 1 fully saturated rings. The first-order chi connectivity index (χ1) is 15.1. The van der Waals surface area contributed by atoms with Crippen LogP contribution in [0.4, 0.5) is 14.7 Å². The number of aromatic nitrogens is 3. The number of carbonyl (C=O) groups excluding carboxylic acids is 1. The van der Waals surface area contributed by atoms with Crippen molar-refractivity contribution in [3.63, 3.8) is 0 Å². The minimum absolute atomic E-state index is 0.221. The first-order valence-corrected chi connectivity index (χ1v) is 10.5. The van der Waals surface area contributed by atoms with Gasteiger partial charge in [-0.2, -0.15) is 0 Å². The van der Waals surface area contributed by atoms with Crippen molar-refractivity contribution in [3.8, 4) is 0 Å². The molecule has 1 aliphatic rings. The number of halogens is 2. The van der Waals surface area contributed by atoms with E-state index in [9.17, 15) is 13.6 Å². The number of nitrogens with zero attached hydrogens (tertiary/aromatic N) is 4. The Labute approximate surface area is 181 Å². The SMILES string of the molecule is O=C(CO)c1cc(F)c(Sc2nnc(N3CCOCC3)n2Cc2ccccc2)c(F)c1. The molecular weight excluding hydrogens is 426 g/mol. The molecule has 4 rings (SSSR count). The summed E-state index contributed by atoms with van der Waals surface area (Å²) in [6, 6.07) is 11.5. The van der Waals surface area contributed by atoms with E-state index in [0.717, 1.165) is 29.5 Å². The van der Waals surface area contributed by atoms with E-state index in [1.807, 2.05) is 39.8 Å². The number of ketones is 1. The van der Waals surface area contributed by atoms with Gasteiger partial charge in [0.25, 0.3) is 0 Å². The monoisotopic (exact) mass is 446 g/mol. The lowest BCUT2D eigenvalue weighted by atomic mass is 10.1. The number of hydrogen-bond acceptors (Lipinski definition) is 7. The largest absolute Gasteiger partial charge is 0.388 e. The number of aliphatic hydroxyl groups excluding tert-OH is 1. The topological polar surface area (TPSA) is 80.5 Å². The highest BCUT2D eigenvalue weighted by atomic mass is 32.2. The number of benzene rings is 2. The molecule has 1 aromatic heterocycles. The minimum atomic E-state index is -0.899. The predicted octanol–water partition coefficient (Wildman–Crippen LogP) is 2.77. The highest BCUT2D eigenvalue weighted by Crippen LogP contribution is 2.34. The number of morpholine rings is 1. The number of Topliss-reactive ketones (excluding diaryl/α,β-unsaturated/α-hetero) is 1. The molecule has 0 bridgehead atoms. The maximum Gasteiger partial charge on any atom is 0.228 e. The number of rotatable bonds is 7. The highest BCUT2D eigenvalue weighted by Gasteiger charge is 2.24. The average molecular weight is 446 g/mol. The summed E-state index contributed by atoms with van der Waals surface area (Å²) >= 11 is 0.807. The van der Waals surface area contributed by atoms with Gasteiger partial charge in [-0.25, -0.2) is 8.78 Å². The molecule has 1 aliphatic heterocycles. The number of anilines is 1. The second kappa shape index (κ2) is 9.54. The lowest BCUT2D eigenvalue weighted by Gasteiger charge is -2.28. The van der Waals surface area contributed by atoms with E-state index < -0.39 is 24.0 Å². The fourth-order valence-corrected chi connectivity index (χ4v) is 4.09. The van der Waals surface area contributed by atoms with E-state index in [0.29, 0.717) is 44.0 Å². The molecule has 0 atom stereocenters. The van der Waals surface area contributed by atoms with Crippen LogP contribution in [0.2, 0.25) is 0 Å². The third-order valence-corrected chi connectivity index (χ3v) is 5.91. The second-order valence-corrected chi connectivity index (χ2v) is 7.88. The molecule has 0 saturated carbocycles. The molecule has 0 unspecified atom stereocenters. The molecule has 0 aliphatic carbocycles. The normalized spacial score (nSPS) is 14.1. The molecule has 31 heavy (non-hydrogen) atoms. The van der Waals surface area contributed by atoms with Crippen LogP contribution in [0, 0.1) is 11.6 Å². The first-order valence-electron chi connectivity index (χ1n) is 9.67. The summed E-state index contributed by atoms with van der Waals surface area (Å²) in [5.41, 5.74) is 0.769. The van der Waals surface area contributed by atoms with Crippen LogP contribution in [0.3, 0.4) is 0 Å². The zero-order valence-corrected chi connectivity index (χ0v) is 17.3. The fourth-order valence-electron chi connectivity index (χ4n) is 3.26. The summed E-state index contributed by atoms with van der Waals surface area (Å²) in [6.45, 7) is 2.00. The smallest absolute Gasteiger partial charge is 0.228 e. The molecule has 1 saturated heterocycles. The van der Waals surface area contributed by atoms with E-state index in [1.54, 1.807) is 0 Å². The number of carbonyl (C=O) groups is 1. The van der Waals surface area contributed by atoms with Crippen LogP contribution in [-0.2, 0) is 11.3 Å². The van der Waals surface area contributed by atoms with E-state index >= 15 is 0 Å². The van der Waals surface area contributed by atoms with Crippen LogP contribution in [0.15, 0.2) is 52.5 Å². The maximum absolute atomic E-state index is 14.6. The highest BCUT2D eigenvalue weighted by molar-refractivity contribution is 7.99. The molecule has 0 radical (unpaired) electrons. The van der Waals surface area contributed by atoms with Gasteiger partial charge in [-0.05, 0) is 29.5 Å². The van der Waals surface area contributed by atoms with Crippen molar-refractivity contribution in [2.75, 3.05) is 37.8 Å². The number of ether oxygens (including phenoxy) is 1. The van der Waals surface area contributed by atoms with Crippen molar-refractivity contribution in [1.29, 1.82) is 0 Å². The van der Waals surface area contributed by atoms with Gasteiger partial charge in [0.05, 0.1) is 24.7 Å². The first kappa shape index (κ1) is 21.4. The van der Waals surface area contributed by atoms with Gasteiger partial charge >= 0.3 is 0 Å². The minimum Gasteiger partial charge on any atom is -0.388 e. The van der Waals surface area contributed by atoms with E-state index in [-0.39, 0.29) is 10.5 Å². The zero-order valence-electron chi connectivity index (χ0n) is 16.5. The summed E-state index contributed by atoms with van der Waals surface area (Å²) in [6.07, 6.45) is 0. The Morgan fingerprint density at radius 2 is 1.77 bits per heavy atom. The van der Waals surface area contributed by atoms with E-state index in [2.05, 4.69) is 10.2 Å². The van der Waals surface area contributed by atoms with Crippen molar-refractivity contribution in [3.05, 3.63) is 65.2 Å². The molecule has 7 nitrogen and oxygen atoms in total. The van der Waals surface area contributed by atoms with Crippen molar-refractivity contribution in [1.82, 2.24) is 14.8 Å². The van der Waals surface area contributed by atoms with Crippen molar-refractivity contribution in [2.45, 2.75) is 16.6 Å². The average Bonchev–Trinajstić information content (AvgIpc) is 3.18. The molecule has 2 heterocycles. The summed E-state index contributed by atoms with van der Waals surface area (Å²) in [5.74, 6) is -1.95. The Bertz CT molecular complexity index is 1050. The third kappa shape index (κ3) is 4.76. The molecular formula is C21H20F2N4O3S. The number of hydrogen-bond donors (Lipinski definition) is 1. The molecule has 1 N–H and O–H groups in total. The molecule has 3 aromatic rings. The van der Waals surface area contributed by atoms with Gasteiger partial charge in [0.1, 0.15) is 18.2 Å². The molecule has 0 amide bonds. The summed E-state index contributed by atoms with van der Waals surface area (Å²) < 4.78 is 36.5. The van der Waals surface area contributed by atoms with Crippen LogP contribution in [0.25, 0.3) is 0 Å². The third-order valence-electron chi connectivity index (χ3n) is 4.83. The van der Waals surface area contributed by atoms with E-state index in [4.69, 9.17) is 9.84 Å². The quantitative estimate of drug-likeness (QED) is 0.559. The van der Waals surface area contributed by atoms with Gasteiger partial charge in [-0.15, -0.1) is 10.2 Å². The van der Waals surface area contributed by atoms with Crippen molar-refractivity contribution in [2.24, 2.45) is 0 Å². The van der Waals surface area contributed by atoms with Crippen LogP contribution >= 0.6 is 11.8 Å². The van der Waals surface area contributed by atoms with Crippen molar-refractivity contribution < 1.29 is 23.4 Å². The summed E-state index contributed by atoms with van der Waals surface area (Å²) in [5, 5.41) is 17.7. The summed E-state index contributed by atoms with van der Waals surface area (Å²) in [4.78, 5) is 13.3. The Balaban J connectivity index is 1.69. The van der Waals surface area contributed by atoms with Gasteiger partial charge in [-0.1, -0.05) is 30.3 Å². The molecule has 162 valence electrons. The van der Waals surface area contributed by atoms with Crippen LogP contribution in [-0.4, -0.2) is 58.6 Å². The fraction of sp³-hybridized carbons (Fsp3) is 0.286. The molecule has 10 heteroatoms. The second-order valence-electron chi connectivity index (χ2n) is 6.91. The van der Waals surface area contributed by atoms with Crippen LogP contribution < -0.4 is 4.90 Å². The van der Waals surface area contributed by atoms with Gasteiger partial charge < -0.3 is 14.7 Å². The molecule has 0 spiro atoms. The molecule has 2 aromatic carbocycles. The van der Waals surface area contributed by atoms with Gasteiger partial charge in [-0.3, -0.25) is 9.36 Å². The summed E-state index contributed by atoms with van der Waals surface area (Å²) in [7, 11) is 0. The zero-order chi connectivity index (χ0) is 21.8.